The molecule has 0 radical (unpaired) electrons. The molecule has 0 bridgehead atoms. The Morgan fingerprint density at radius 2 is 2.00 bits per heavy atom. The zero-order valence-corrected chi connectivity index (χ0v) is 20.6. The lowest BCUT2D eigenvalue weighted by atomic mass is 9.91. The summed E-state index contributed by atoms with van der Waals surface area (Å²) in [5.41, 5.74) is 9.83. The number of nitrogens with two attached hydrogens (primary N) is 1. The van der Waals surface area contributed by atoms with Gasteiger partial charge < -0.3 is 19.9 Å². The Balaban J connectivity index is 1.55. The van der Waals surface area contributed by atoms with Crippen LogP contribution < -0.4 is 5.73 Å². The molecule has 2 atom stereocenters. The maximum Gasteiger partial charge on any atom is 0.224 e. The maximum absolute atomic E-state index is 14.8. The molecule has 1 aromatic heterocycles. The monoisotopic (exact) mass is 483 g/mol. The fourth-order valence-corrected chi connectivity index (χ4v) is 5.51. The molecule has 5 nitrogen and oxygen atoms in total. The van der Waals surface area contributed by atoms with E-state index in [4.69, 9.17) is 10.5 Å². The molecule has 2 heterocycles. The predicted molar refractivity (Wildman–Crippen MR) is 134 cm³/mol. The molecule has 2 aromatic carbocycles. The molecule has 4 rings (SSSR count). The second-order valence-corrected chi connectivity index (χ2v) is 9.62. The van der Waals surface area contributed by atoms with Crippen LogP contribution in [0.3, 0.4) is 0 Å². The number of halogens is 2. The van der Waals surface area contributed by atoms with E-state index in [1.54, 1.807) is 7.11 Å². The van der Waals surface area contributed by atoms with Gasteiger partial charge in [0.1, 0.15) is 11.6 Å². The van der Waals surface area contributed by atoms with Gasteiger partial charge in [0.15, 0.2) is 0 Å². The largest absolute Gasteiger partial charge is 0.385 e. The molecular weight excluding hydrogens is 448 g/mol. The van der Waals surface area contributed by atoms with Crippen LogP contribution in [0.1, 0.15) is 48.4 Å². The topological polar surface area (TPSA) is 60.5 Å². The number of fused-ring (bicyclic) bond motifs is 1. The van der Waals surface area contributed by atoms with Gasteiger partial charge in [-0.15, -0.1) is 0 Å². The summed E-state index contributed by atoms with van der Waals surface area (Å²) < 4.78 is 36.2. The summed E-state index contributed by atoms with van der Waals surface area (Å²) in [7, 11) is 1.65. The smallest absolute Gasteiger partial charge is 0.224 e. The summed E-state index contributed by atoms with van der Waals surface area (Å²) in [6.07, 6.45) is 3.43. The lowest BCUT2D eigenvalue weighted by molar-refractivity contribution is -0.132. The summed E-state index contributed by atoms with van der Waals surface area (Å²) in [6, 6.07) is 12.1. The Labute approximate surface area is 205 Å². The number of ether oxygens (including phenoxy) is 1. The normalized spacial score (nSPS) is 17.2. The number of methoxy groups -OCH3 is 1. The van der Waals surface area contributed by atoms with E-state index in [2.05, 4.69) is 0 Å². The van der Waals surface area contributed by atoms with Gasteiger partial charge in [0, 0.05) is 68.9 Å². The van der Waals surface area contributed by atoms with Crippen molar-refractivity contribution in [2.24, 2.45) is 5.73 Å². The number of carbonyl (C=O) groups excluding carboxylic acids is 1. The van der Waals surface area contributed by atoms with E-state index in [1.807, 2.05) is 46.7 Å². The average molecular weight is 484 g/mol. The van der Waals surface area contributed by atoms with Crippen LogP contribution in [0.2, 0.25) is 0 Å². The Kier molecular flexibility index (Phi) is 8.19. The summed E-state index contributed by atoms with van der Waals surface area (Å²) in [5, 5.41) is 0.465. The lowest BCUT2D eigenvalue weighted by Crippen LogP contribution is -2.42. The van der Waals surface area contributed by atoms with Gasteiger partial charge in [-0.2, -0.15) is 0 Å². The minimum atomic E-state index is -0.583. The van der Waals surface area contributed by atoms with Crippen molar-refractivity contribution in [2.75, 3.05) is 26.8 Å². The second-order valence-electron chi connectivity index (χ2n) is 9.62. The lowest BCUT2D eigenvalue weighted by Gasteiger charge is -2.34. The molecular formula is C28H35F2N3O2. The number of nitrogens with zero attached hydrogens (tertiary/aromatic N) is 2. The quantitative estimate of drug-likeness (QED) is 0.439. The number of likely N-dealkylation sites (tertiary alicyclic amines) is 1. The summed E-state index contributed by atoms with van der Waals surface area (Å²) >= 11 is 0. The van der Waals surface area contributed by atoms with E-state index in [1.165, 1.54) is 6.07 Å². The van der Waals surface area contributed by atoms with Crippen molar-refractivity contribution >= 4 is 16.8 Å². The van der Waals surface area contributed by atoms with Crippen LogP contribution in [0.4, 0.5) is 8.78 Å². The first-order valence-electron chi connectivity index (χ1n) is 12.4. The number of aromatic nitrogens is 1. The average Bonchev–Trinajstić information content (AvgIpc) is 3.11. The highest BCUT2D eigenvalue weighted by molar-refractivity contribution is 5.86. The molecule has 188 valence electrons. The molecule has 0 spiro atoms. The van der Waals surface area contributed by atoms with Gasteiger partial charge in [-0.1, -0.05) is 30.3 Å². The third-order valence-electron chi connectivity index (χ3n) is 7.04. The third-order valence-corrected chi connectivity index (χ3v) is 7.04. The first-order valence-corrected chi connectivity index (χ1v) is 12.4. The van der Waals surface area contributed by atoms with Crippen molar-refractivity contribution in [3.63, 3.8) is 0 Å². The predicted octanol–water partition coefficient (Wildman–Crippen LogP) is 4.93. The van der Waals surface area contributed by atoms with E-state index in [-0.39, 0.29) is 24.3 Å². The van der Waals surface area contributed by atoms with E-state index in [9.17, 15) is 13.6 Å². The number of amides is 1. The Morgan fingerprint density at radius 3 is 2.74 bits per heavy atom. The fraction of sp³-hybridized carbons (Fsp3) is 0.464. The third kappa shape index (κ3) is 5.73. The van der Waals surface area contributed by atoms with Crippen molar-refractivity contribution in [1.29, 1.82) is 0 Å². The van der Waals surface area contributed by atoms with Crippen molar-refractivity contribution in [3.8, 4) is 0 Å². The van der Waals surface area contributed by atoms with Gasteiger partial charge >= 0.3 is 0 Å². The van der Waals surface area contributed by atoms with E-state index in [0.29, 0.717) is 43.6 Å². The SMILES string of the molecule is COCCCn1c(C2CCCN(C(=O)C[C@H](N)Cc3ccccc3)C2)c(C)c2c(F)cc(F)cc21. The molecule has 2 N–H and O–H groups in total. The second kappa shape index (κ2) is 11.3. The molecule has 3 aromatic rings. The minimum Gasteiger partial charge on any atom is -0.385 e. The molecule has 1 unspecified atom stereocenters. The first kappa shape index (κ1) is 25.3. The number of carbonyl (C=O) groups is 1. The van der Waals surface area contributed by atoms with Gasteiger partial charge in [0.05, 0.1) is 5.52 Å². The fourth-order valence-electron chi connectivity index (χ4n) is 5.51. The standard InChI is InChI=1S/C28H35F2N3O2/c1-19-27-24(30)15-22(29)16-25(27)33(12-7-13-35-2)28(19)21-10-6-11-32(18-21)26(34)17-23(31)14-20-8-4-3-5-9-20/h3-5,8-9,15-16,21,23H,6-7,10-14,17-18,31H2,1-2H3/t21?,23-/m1/s1. The van der Waals surface area contributed by atoms with Gasteiger partial charge in [-0.25, -0.2) is 8.78 Å². The Bertz CT molecular complexity index is 1160. The minimum absolute atomic E-state index is 0.0510. The van der Waals surface area contributed by atoms with Crippen LogP contribution in [-0.2, 0) is 22.5 Å². The van der Waals surface area contributed by atoms with Crippen molar-refractivity contribution in [2.45, 2.75) is 57.5 Å². The first-order chi connectivity index (χ1) is 16.9. The number of benzene rings is 2. The molecule has 7 heteroatoms. The molecule has 1 saturated heterocycles. The van der Waals surface area contributed by atoms with Crippen molar-refractivity contribution in [3.05, 3.63) is 70.9 Å². The highest BCUT2D eigenvalue weighted by Gasteiger charge is 2.30. The van der Waals surface area contributed by atoms with Gasteiger partial charge in [-0.3, -0.25) is 4.79 Å². The molecule has 1 aliphatic rings. The highest BCUT2D eigenvalue weighted by atomic mass is 19.1. The molecule has 1 fully saturated rings. The van der Waals surface area contributed by atoms with Gasteiger partial charge in [-0.05, 0) is 49.8 Å². The maximum atomic E-state index is 14.8. The van der Waals surface area contributed by atoms with Gasteiger partial charge in [0.2, 0.25) is 5.91 Å². The molecule has 0 saturated carbocycles. The molecule has 0 aliphatic carbocycles. The Morgan fingerprint density at radius 1 is 1.23 bits per heavy atom. The van der Waals surface area contributed by atoms with Gasteiger partial charge in [0.25, 0.3) is 0 Å². The van der Waals surface area contributed by atoms with Crippen LogP contribution in [0, 0.1) is 18.6 Å². The molecule has 35 heavy (non-hydrogen) atoms. The molecule has 1 aliphatic heterocycles. The summed E-state index contributed by atoms with van der Waals surface area (Å²) in [6.45, 7) is 4.32. The van der Waals surface area contributed by atoms with Crippen LogP contribution in [0.25, 0.3) is 10.9 Å². The number of hydrogen-bond acceptors (Lipinski definition) is 3. The number of rotatable bonds is 9. The number of aryl methyl sites for hydroxylation is 2. The van der Waals surface area contributed by atoms with Crippen LogP contribution in [0.5, 0.6) is 0 Å². The number of piperidine rings is 1. The Hall–Kier alpha value is -2.77. The van der Waals surface area contributed by atoms with E-state index < -0.39 is 11.6 Å². The highest BCUT2D eigenvalue weighted by Crippen LogP contribution is 2.37. The number of hydrogen-bond donors (Lipinski definition) is 1. The van der Waals surface area contributed by atoms with E-state index >= 15 is 0 Å². The van der Waals surface area contributed by atoms with Crippen LogP contribution in [0.15, 0.2) is 42.5 Å². The van der Waals surface area contributed by atoms with Crippen molar-refractivity contribution < 1.29 is 18.3 Å². The summed E-state index contributed by atoms with van der Waals surface area (Å²) in [5.74, 6) is -1.02. The molecule has 1 amide bonds. The van der Waals surface area contributed by atoms with E-state index in [0.717, 1.165) is 42.1 Å². The van der Waals surface area contributed by atoms with Crippen LogP contribution >= 0.6 is 0 Å². The van der Waals surface area contributed by atoms with Crippen molar-refractivity contribution in [1.82, 2.24) is 9.47 Å². The zero-order chi connectivity index (χ0) is 24.9. The van der Waals surface area contributed by atoms with Crippen LogP contribution in [-0.4, -0.2) is 48.2 Å². The zero-order valence-electron chi connectivity index (χ0n) is 20.6. The summed E-state index contributed by atoms with van der Waals surface area (Å²) in [4.78, 5) is 15.0.